The molecule has 2 rings (SSSR count). The van der Waals surface area contributed by atoms with Crippen LogP contribution < -0.4 is 0 Å². The van der Waals surface area contributed by atoms with Crippen LogP contribution in [0.5, 0.6) is 0 Å². The van der Waals surface area contributed by atoms with E-state index in [4.69, 9.17) is 10.4 Å². The monoisotopic (exact) mass is 323 g/mol. The Bertz CT molecular complexity index is 618. The summed E-state index contributed by atoms with van der Waals surface area (Å²) >= 11 is 4.79. The first-order valence-corrected chi connectivity index (χ1v) is 6.75. The molecule has 0 unspecified atom stereocenters. The fourth-order valence-electron chi connectivity index (χ4n) is 1.44. The number of aromatic nitrogens is 2. The van der Waals surface area contributed by atoms with Crippen molar-refractivity contribution in [2.45, 2.75) is 16.7 Å². The molecule has 1 aromatic carbocycles. The molecule has 1 heterocycles. The van der Waals surface area contributed by atoms with Crippen LogP contribution in [0.1, 0.15) is 11.3 Å². The first-order chi connectivity index (χ1) is 8.65. The molecule has 4 nitrogen and oxygen atoms in total. The molecule has 0 aliphatic rings. The van der Waals surface area contributed by atoms with Crippen LogP contribution in [0.3, 0.4) is 0 Å². The summed E-state index contributed by atoms with van der Waals surface area (Å²) in [5.41, 5.74) is 1.35. The minimum absolute atomic E-state index is 0.0480. The minimum Gasteiger partial charge on any atom is -0.390 e. The lowest BCUT2D eigenvalue weighted by atomic mass is 10.2. The van der Waals surface area contributed by atoms with Gasteiger partial charge in [0.05, 0.1) is 24.1 Å². The van der Waals surface area contributed by atoms with Gasteiger partial charge >= 0.3 is 0 Å². The van der Waals surface area contributed by atoms with E-state index in [1.165, 1.54) is 11.8 Å². The summed E-state index contributed by atoms with van der Waals surface area (Å²) in [4.78, 5) is 5.07. The Morgan fingerprint density at radius 3 is 2.94 bits per heavy atom. The maximum Gasteiger partial charge on any atom is 0.172 e. The van der Waals surface area contributed by atoms with Gasteiger partial charge in [0.15, 0.2) is 5.16 Å². The molecule has 0 spiro atoms. The number of nitrogens with zero attached hydrogens (tertiary/aromatic N) is 3. The summed E-state index contributed by atoms with van der Waals surface area (Å²) < 4.78 is 2.73. The van der Waals surface area contributed by atoms with E-state index in [1.807, 2.05) is 23.7 Å². The SMILES string of the molecule is Cn1c(CO)cnc1Sc1cc(Br)ccc1C#N. The van der Waals surface area contributed by atoms with Crippen molar-refractivity contribution >= 4 is 27.7 Å². The third-order valence-corrected chi connectivity index (χ3v) is 4.08. The number of hydrogen-bond acceptors (Lipinski definition) is 4. The topological polar surface area (TPSA) is 61.8 Å². The van der Waals surface area contributed by atoms with Crippen LogP contribution in [-0.4, -0.2) is 14.7 Å². The quantitative estimate of drug-likeness (QED) is 0.943. The van der Waals surface area contributed by atoms with Crippen LogP contribution in [0, 0.1) is 11.3 Å². The van der Waals surface area contributed by atoms with E-state index in [-0.39, 0.29) is 6.61 Å². The predicted molar refractivity (Wildman–Crippen MR) is 72.1 cm³/mol. The zero-order valence-electron chi connectivity index (χ0n) is 9.59. The fourth-order valence-corrected chi connectivity index (χ4v) is 2.92. The van der Waals surface area contributed by atoms with E-state index >= 15 is 0 Å². The van der Waals surface area contributed by atoms with Gasteiger partial charge in [0.25, 0.3) is 0 Å². The Morgan fingerprint density at radius 1 is 1.56 bits per heavy atom. The van der Waals surface area contributed by atoms with Crippen LogP contribution in [0.25, 0.3) is 0 Å². The molecule has 0 saturated heterocycles. The molecular weight excluding hydrogens is 314 g/mol. The molecule has 18 heavy (non-hydrogen) atoms. The van der Waals surface area contributed by atoms with E-state index in [1.54, 1.807) is 12.3 Å². The standard InChI is InChI=1S/C12H10BrN3OS/c1-16-10(7-17)6-15-12(16)18-11-4-9(13)3-2-8(11)5-14/h2-4,6,17H,7H2,1H3. The van der Waals surface area contributed by atoms with Gasteiger partial charge in [-0.3, -0.25) is 0 Å². The first kappa shape index (κ1) is 13.1. The van der Waals surface area contributed by atoms with Crippen molar-refractivity contribution in [3.05, 3.63) is 40.1 Å². The molecule has 2 aromatic rings. The Balaban J connectivity index is 2.37. The average molecular weight is 324 g/mol. The summed E-state index contributed by atoms with van der Waals surface area (Å²) in [5, 5.41) is 18.9. The van der Waals surface area contributed by atoms with Gasteiger partial charge in [0.1, 0.15) is 6.07 Å². The highest BCUT2D eigenvalue weighted by Gasteiger charge is 2.10. The van der Waals surface area contributed by atoms with Crippen molar-refractivity contribution in [3.8, 4) is 6.07 Å². The van der Waals surface area contributed by atoms with Crippen molar-refractivity contribution in [2.24, 2.45) is 7.05 Å². The predicted octanol–water partition coefficient (Wildman–Crippen LogP) is 2.70. The van der Waals surface area contributed by atoms with Crippen molar-refractivity contribution in [1.82, 2.24) is 9.55 Å². The highest BCUT2D eigenvalue weighted by molar-refractivity contribution is 9.10. The van der Waals surface area contributed by atoms with Gasteiger partial charge in [-0.2, -0.15) is 5.26 Å². The third kappa shape index (κ3) is 2.58. The first-order valence-electron chi connectivity index (χ1n) is 5.14. The van der Waals surface area contributed by atoms with E-state index in [2.05, 4.69) is 27.0 Å². The molecule has 92 valence electrons. The highest BCUT2D eigenvalue weighted by atomic mass is 79.9. The molecule has 1 N–H and O–H groups in total. The summed E-state index contributed by atoms with van der Waals surface area (Å²) in [6.45, 7) is -0.0480. The maximum absolute atomic E-state index is 9.11. The molecule has 0 atom stereocenters. The van der Waals surface area contributed by atoms with Crippen molar-refractivity contribution in [1.29, 1.82) is 5.26 Å². The zero-order valence-corrected chi connectivity index (χ0v) is 12.0. The van der Waals surface area contributed by atoms with Gasteiger partial charge in [-0.05, 0) is 18.2 Å². The number of imidazole rings is 1. The Hall–Kier alpha value is -1.29. The number of benzene rings is 1. The third-order valence-electron chi connectivity index (χ3n) is 2.47. The van der Waals surface area contributed by atoms with Crippen molar-refractivity contribution in [2.75, 3.05) is 0 Å². The van der Waals surface area contributed by atoms with Crippen LogP contribution in [0.15, 0.2) is 38.9 Å². The smallest absolute Gasteiger partial charge is 0.172 e. The Kier molecular flexibility index (Phi) is 4.07. The van der Waals surface area contributed by atoms with Gasteiger partial charge in [-0.1, -0.05) is 27.7 Å². The molecule has 0 saturated carbocycles. The Labute approximate surface area is 117 Å². The summed E-state index contributed by atoms with van der Waals surface area (Å²) in [5.74, 6) is 0. The number of rotatable bonds is 3. The molecular formula is C12H10BrN3OS. The van der Waals surface area contributed by atoms with Crippen molar-refractivity contribution in [3.63, 3.8) is 0 Å². The van der Waals surface area contributed by atoms with Gasteiger partial charge in [0, 0.05) is 16.4 Å². The molecule has 6 heteroatoms. The fraction of sp³-hybridized carbons (Fsp3) is 0.167. The summed E-state index contributed by atoms with van der Waals surface area (Å²) in [7, 11) is 1.84. The van der Waals surface area contributed by atoms with Gasteiger partial charge in [-0.15, -0.1) is 0 Å². The maximum atomic E-state index is 9.11. The van der Waals surface area contributed by atoms with Crippen LogP contribution >= 0.6 is 27.7 Å². The second-order valence-electron chi connectivity index (χ2n) is 3.60. The number of nitriles is 1. The second-order valence-corrected chi connectivity index (χ2v) is 5.53. The molecule has 0 amide bonds. The molecule has 0 aliphatic heterocycles. The van der Waals surface area contributed by atoms with Gasteiger partial charge in [-0.25, -0.2) is 4.98 Å². The molecule has 0 bridgehead atoms. The lowest BCUT2D eigenvalue weighted by Gasteiger charge is -2.05. The van der Waals surface area contributed by atoms with Crippen molar-refractivity contribution < 1.29 is 5.11 Å². The number of aliphatic hydroxyl groups is 1. The van der Waals surface area contributed by atoms with Gasteiger partial charge < -0.3 is 9.67 Å². The Morgan fingerprint density at radius 2 is 2.33 bits per heavy atom. The number of halogens is 1. The van der Waals surface area contributed by atoms with Crippen LogP contribution in [0.4, 0.5) is 0 Å². The average Bonchev–Trinajstić information content (AvgIpc) is 2.71. The molecule has 0 radical (unpaired) electrons. The van der Waals surface area contributed by atoms with E-state index < -0.39 is 0 Å². The molecule has 0 aliphatic carbocycles. The zero-order chi connectivity index (χ0) is 13.1. The molecule has 1 aromatic heterocycles. The molecule has 0 fully saturated rings. The van der Waals surface area contributed by atoms with E-state index in [9.17, 15) is 0 Å². The summed E-state index contributed by atoms with van der Waals surface area (Å²) in [6, 6.07) is 7.64. The van der Waals surface area contributed by atoms with Crippen LogP contribution in [-0.2, 0) is 13.7 Å². The van der Waals surface area contributed by atoms with Crippen LogP contribution in [0.2, 0.25) is 0 Å². The van der Waals surface area contributed by atoms with E-state index in [0.717, 1.165) is 20.2 Å². The highest BCUT2D eigenvalue weighted by Crippen LogP contribution is 2.31. The normalized spacial score (nSPS) is 10.3. The summed E-state index contributed by atoms with van der Waals surface area (Å²) in [6.07, 6.45) is 1.63. The lowest BCUT2D eigenvalue weighted by molar-refractivity contribution is 0.271. The van der Waals surface area contributed by atoms with E-state index in [0.29, 0.717) is 5.56 Å². The van der Waals surface area contributed by atoms with Gasteiger partial charge in [0.2, 0.25) is 0 Å². The second kappa shape index (κ2) is 5.57. The number of hydrogen-bond donors (Lipinski definition) is 1. The largest absolute Gasteiger partial charge is 0.390 e. The minimum atomic E-state index is -0.0480. The number of aliphatic hydroxyl groups excluding tert-OH is 1. The lowest BCUT2D eigenvalue weighted by Crippen LogP contribution is -1.97.